The van der Waals surface area contributed by atoms with Gasteiger partial charge in [-0.25, -0.2) is 0 Å². The van der Waals surface area contributed by atoms with E-state index in [-0.39, 0.29) is 5.91 Å². The molecule has 3 rings (SSSR count). The summed E-state index contributed by atoms with van der Waals surface area (Å²) in [6.45, 7) is 2.02. The maximum Gasteiger partial charge on any atom is 0.246 e. The van der Waals surface area contributed by atoms with Crippen molar-refractivity contribution < 1.29 is 9.53 Å². The minimum atomic E-state index is -0.196. The Hall–Kier alpha value is -3.15. The molecule has 1 N–H and O–H groups in total. The van der Waals surface area contributed by atoms with Crippen LogP contribution in [0.1, 0.15) is 17.3 Å². The molecule has 0 radical (unpaired) electrons. The first kappa shape index (κ1) is 15.7. The second-order valence-electron chi connectivity index (χ2n) is 5.26. The van der Waals surface area contributed by atoms with Crippen LogP contribution in [0.15, 0.2) is 54.6 Å². The highest BCUT2D eigenvalue weighted by molar-refractivity contribution is 5.79. The van der Waals surface area contributed by atoms with Gasteiger partial charge in [-0.2, -0.15) is 9.67 Å². The van der Waals surface area contributed by atoms with Crippen molar-refractivity contribution in [3.05, 3.63) is 60.2 Å². The van der Waals surface area contributed by atoms with Crippen molar-refractivity contribution in [2.45, 2.75) is 13.5 Å². The number of ether oxygens (including phenoxy) is 1. The van der Waals surface area contributed by atoms with Gasteiger partial charge >= 0.3 is 0 Å². The predicted octanol–water partition coefficient (Wildman–Crippen LogP) is 3.23. The summed E-state index contributed by atoms with van der Waals surface area (Å²) in [6, 6.07) is 17.3. The number of carbonyl (C=O) groups excluding carboxylic acids is 1. The minimum absolute atomic E-state index is 0.196. The van der Waals surface area contributed by atoms with Gasteiger partial charge in [0, 0.05) is 19.0 Å². The van der Waals surface area contributed by atoms with Crippen LogP contribution in [-0.4, -0.2) is 27.8 Å². The molecule has 6 heteroatoms. The zero-order chi connectivity index (χ0) is 16.9. The lowest BCUT2D eigenvalue weighted by atomic mass is 10.2. The topological polar surface area (TPSA) is 69.0 Å². The first-order valence-corrected chi connectivity index (χ1v) is 7.57. The Bertz CT molecular complexity index is 826. The Balaban J connectivity index is 1.85. The summed E-state index contributed by atoms with van der Waals surface area (Å²) in [5.74, 6) is 1.48. The van der Waals surface area contributed by atoms with Crippen molar-refractivity contribution in [1.82, 2.24) is 14.8 Å². The molecule has 3 aromatic rings. The van der Waals surface area contributed by atoms with Crippen molar-refractivity contribution in [2.24, 2.45) is 0 Å². The van der Waals surface area contributed by atoms with E-state index >= 15 is 0 Å². The van der Waals surface area contributed by atoms with Gasteiger partial charge < -0.3 is 10.1 Å². The average Bonchev–Trinajstić information content (AvgIpc) is 3.05. The third-order valence-corrected chi connectivity index (χ3v) is 3.55. The summed E-state index contributed by atoms with van der Waals surface area (Å²) < 4.78 is 6.43. The largest absolute Gasteiger partial charge is 0.497 e. The number of nitrogens with one attached hydrogen (secondary N) is 1. The molecule has 1 heterocycles. The van der Waals surface area contributed by atoms with Gasteiger partial charge in [0.2, 0.25) is 11.9 Å². The number of rotatable bonds is 5. The van der Waals surface area contributed by atoms with Crippen molar-refractivity contribution >= 4 is 11.9 Å². The smallest absolute Gasteiger partial charge is 0.246 e. The fourth-order valence-electron chi connectivity index (χ4n) is 2.29. The monoisotopic (exact) mass is 322 g/mol. The number of hydrogen-bond donors (Lipinski definition) is 1. The van der Waals surface area contributed by atoms with E-state index in [0.29, 0.717) is 18.3 Å². The summed E-state index contributed by atoms with van der Waals surface area (Å²) in [7, 11) is 1.61. The van der Waals surface area contributed by atoms with Gasteiger partial charge in [0.25, 0.3) is 0 Å². The lowest BCUT2D eigenvalue weighted by Crippen LogP contribution is -2.13. The molecule has 6 nitrogen and oxygen atoms in total. The van der Waals surface area contributed by atoms with Gasteiger partial charge in [-0.05, 0) is 29.8 Å². The van der Waals surface area contributed by atoms with E-state index in [1.165, 1.54) is 11.6 Å². The van der Waals surface area contributed by atoms with Gasteiger partial charge in [0.15, 0.2) is 5.82 Å². The SMILES string of the molecule is COc1ccc(-c2nc(NCc3ccccc3)n(C(C)=O)n2)cc1. The summed E-state index contributed by atoms with van der Waals surface area (Å²) in [5, 5.41) is 7.47. The second kappa shape index (κ2) is 6.95. The highest BCUT2D eigenvalue weighted by Crippen LogP contribution is 2.21. The number of methoxy groups -OCH3 is 1. The van der Waals surface area contributed by atoms with E-state index in [9.17, 15) is 4.79 Å². The van der Waals surface area contributed by atoms with Crippen molar-refractivity contribution in [2.75, 3.05) is 12.4 Å². The molecule has 0 atom stereocenters. The molecule has 122 valence electrons. The van der Waals surface area contributed by atoms with Gasteiger partial charge in [0.1, 0.15) is 5.75 Å². The number of carbonyl (C=O) groups is 1. The van der Waals surface area contributed by atoms with Crippen LogP contribution >= 0.6 is 0 Å². The maximum absolute atomic E-state index is 11.8. The summed E-state index contributed by atoms with van der Waals surface area (Å²) >= 11 is 0. The van der Waals surface area contributed by atoms with Crippen LogP contribution in [0.2, 0.25) is 0 Å². The number of nitrogens with zero attached hydrogens (tertiary/aromatic N) is 3. The Morgan fingerprint density at radius 2 is 1.83 bits per heavy atom. The zero-order valence-electron chi connectivity index (χ0n) is 13.6. The quantitative estimate of drug-likeness (QED) is 0.781. The molecule has 0 fully saturated rings. The van der Waals surface area contributed by atoms with Crippen molar-refractivity contribution in [3.8, 4) is 17.1 Å². The fourth-order valence-corrected chi connectivity index (χ4v) is 2.29. The normalized spacial score (nSPS) is 10.4. The molecule has 0 aliphatic rings. The molecule has 0 saturated heterocycles. The zero-order valence-corrected chi connectivity index (χ0v) is 13.6. The van der Waals surface area contributed by atoms with Crippen molar-refractivity contribution in [1.29, 1.82) is 0 Å². The van der Waals surface area contributed by atoms with E-state index in [1.807, 2.05) is 54.6 Å². The fraction of sp³-hybridized carbons (Fsp3) is 0.167. The second-order valence-corrected chi connectivity index (χ2v) is 5.26. The van der Waals surface area contributed by atoms with Crippen LogP contribution in [0.25, 0.3) is 11.4 Å². The standard InChI is InChI=1S/C18H18N4O2/c1-13(23)22-18(19-12-14-6-4-3-5-7-14)20-17(21-22)15-8-10-16(24-2)11-9-15/h3-11H,12H2,1-2H3,(H,19,20,21). The average molecular weight is 322 g/mol. The first-order valence-electron chi connectivity index (χ1n) is 7.57. The number of hydrogen-bond acceptors (Lipinski definition) is 5. The van der Waals surface area contributed by atoms with E-state index in [0.717, 1.165) is 16.9 Å². The van der Waals surface area contributed by atoms with Crippen LogP contribution in [0, 0.1) is 0 Å². The Labute approximate surface area is 140 Å². The molecule has 0 unspecified atom stereocenters. The molecule has 0 aliphatic carbocycles. The summed E-state index contributed by atoms with van der Waals surface area (Å²) in [5.41, 5.74) is 1.92. The molecule has 0 aliphatic heterocycles. The van der Waals surface area contributed by atoms with Gasteiger partial charge in [0.05, 0.1) is 7.11 Å². The number of aromatic nitrogens is 3. The molecule has 0 saturated carbocycles. The highest BCUT2D eigenvalue weighted by atomic mass is 16.5. The third-order valence-electron chi connectivity index (χ3n) is 3.55. The maximum atomic E-state index is 11.8. The van der Waals surface area contributed by atoms with E-state index in [1.54, 1.807) is 7.11 Å². The Morgan fingerprint density at radius 1 is 1.12 bits per heavy atom. The highest BCUT2D eigenvalue weighted by Gasteiger charge is 2.14. The van der Waals surface area contributed by atoms with Crippen LogP contribution in [0.4, 0.5) is 5.95 Å². The van der Waals surface area contributed by atoms with Crippen LogP contribution in [-0.2, 0) is 6.54 Å². The van der Waals surface area contributed by atoms with Gasteiger partial charge in [-0.1, -0.05) is 30.3 Å². The molecular weight excluding hydrogens is 304 g/mol. The van der Waals surface area contributed by atoms with Crippen LogP contribution < -0.4 is 10.1 Å². The van der Waals surface area contributed by atoms with Crippen LogP contribution in [0.3, 0.4) is 0 Å². The third kappa shape index (κ3) is 3.43. The van der Waals surface area contributed by atoms with Crippen molar-refractivity contribution in [3.63, 3.8) is 0 Å². The molecular formula is C18H18N4O2. The summed E-state index contributed by atoms with van der Waals surface area (Å²) in [4.78, 5) is 16.3. The summed E-state index contributed by atoms with van der Waals surface area (Å²) in [6.07, 6.45) is 0. The Kier molecular flexibility index (Phi) is 4.56. The molecule has 1 aromatic heterocycles. The van der Waals surface area contributed by atoms with Crippen LogP contribution in [0.5, 0.6) is 5.75 Å². The van der Waals surface area contributed by atoms with E-state index in [2.05, 4.69) is 15.4 Å². The molecule has 0 bridgehead atoms. The lowest BCUT2D eigenvalue weighted by molar-refractivity contribution is 0.0924. The minimum Gasteiger partial charge on any atom is -0.497 e. The molecule has 2 aromatic carbocycles. The van der Waals surface area contributed by atoms with E-state index < -0.39 is 0 Å². The van der Waals surface area contributed by atoms with E-state index in [4.69, 9.17) is 4.74 Å². The Morgan fingerprint density at radius 3 is 2.46 bits per heavy atom. The number of benzene rings is 2. The number of anilines is 1. The molecule has 0 spiro atoms. The van der Waals surface area contributed by atoms with Gasteiger partial charge in [-0.3, -0.25) is 4.79 Å². The van der Waals surface area contributed by atoms with Gasteiger partial charge in [-0.15, -0.1) is 5.10 Å². The first-order chi connectivity index (χ1) is 11.7. The lowest BCUT2D eigenvalue weighted by Gasteiger charge is -2.05. The molecule has 24 heavy (non-hydrogen) atoms. The molecule has 0 amide bonds. The predicted molar refractivity (Wildman–Crippen MR) is 92.1 cm³/mol.